The lowest BCUT2D eigenvalue weighted by molar-refractivity contribution is -0.137. The molecule has 0 aliphatic rings. The van der Waals surface area contributed by atoms with Crippen molar-refractivity contribution in [2.45, 2.75) is 19.5 Å². The average molecular weight is 350 g/mol. The molecule has 2 rings (SSSR count). The molecule has 25 heavy (non-hydrogen) atoms. The van der Waals surface area contributed by atoms with Crippen LogP contribution in [0.3, 0.4) is 0 Å². The van der Waals surface area contributed by atoms with Crippen LogP contribution in [-0.2, 0) is 22.1 Å². The van der Waals surface area contributed by atoms with Gasteiger partial charge in [-0.3, -0.25) is 5.43 Å². The molecule has 1 N–H and O–H groups in total. The molecule has 0 saturated carbocycles. The summed E-state index contributed by atoms with van der Waals surface area (Å²) in [6.45, 7) is 1.88. The predicted octanol–water partition coefficient (Wildman–Crippen LogP) is 4.28. The van der Waals surface area contributed by atoms with E-state index in [0.717, 1.165) is 17.7 Å². The Morgan fingerprint density at radius 1 is 1.08 bits per heavy atom. The Hall–Kier alpha value is -2.83. The zero-order valence-corrected chi connectivity index (χ0v) is 13.5. The Kier molecular flexibility index (Phi) is 6.16. The molecule has 0 bridgehead atoms. The fraction of sp³-hybridized carbons (Fsp3) is 0.222. The molecule has 0 amide bonds. The normalized spacial score (nSPS) is 11.9. The first-order valence-electron chi connectivity index (χ1n) is 7.61. The summed E-state index contributed by atoms with van der Waals surface area (Å²) in [5.74, 6) is -0.578. The lowest BCUT2D eigenvalue weighted by Crippen LogP contribution is -2.21. The molecule has 2 aromatic carbocycles. The molecule has 7 heteroatoms. The van der Waals surface area contributed by atoms with E-state index in [0.29, 0.717) is 5.69 Å². The van der Waals surface area contributed by atoms with Crippen LogP contribution in [0.25, 0.3) is 0 Å². The van der Waals surface area contributed by atoms with Crippen LogP contribution in [0, 0.1) is 0 Å². The Labute approximate surface area is 143 Å². The van der Waals surface area contributed by atoms with E-state index in [9.17, 15) is 18.0 Å². The van der Waals surface area contributed by atoms with E-state index in [1.807, 2.05) is 30.3 Å². The van der Waals surface area contributed by atoms with Crippen molar-refractivity contribution >= 4 is 17.4 Å². The van der Waals surface area contributed by atoms with Gasteiger partial charge in [0.15, 0.2) is 0 Å². The number of benzene rings is 2. The van der Waals surface area contributed by atoms with Gasteiger partial charge in [0, 0.05) is 6.42 Å². The van der Waals surface area contributed by atoms with E-state index in [1.54, 1.807) is 6.92 Å². The van der Waals surface area contributed by atoms with Crippen molar-refractivity contribution in [1.29, 1.82) is 0 Å². The predicted molar refractivity (Wildman–Crippen MR) is 89.3 cm³/mol. The van der Waals surface area contributed by atoms with Crippen molar-refractivity contribution in [1.82, 2.24) is 0 Å². The summed E-state index contributed by atoms with van der Waals surface area (Å²) in [6, 6.07) is 13.6. The highest BCUT2D eigenvalue weighted by atomic mass is 19.4. The highest BCUT2D eigenvalue weighted by molar-refractivity contribution is 6.37. The molecule has 0 aliphatic heterocycles. The van der Waals surface area contributed by atoms with Crippen molar-refractivity contribution in [2.24, 2.45) is 5.10 Å². The van der Waals surface area contributed by atoms with E-state index < -0.39 is 17.7 Å². The number of hydrogen-bond donors (Lipinski definition) is 1. The molecule has 0 spiro atoms. The first kappa shape index (κ1) is 18.5. The van der Waals surface area contributed by atoms with Gasteiger partial charge in [0.2, 0.25) is 0 Å². The van der Waals surface area contributed by atoms with E-state index in [4.69, 9.17) is 4.74 Å². The summed E-state index contributed by atoms with van der Waals surface area (Å²) < 4.78 is 42.6. The van der Waals surface area contributed by atoms with Gasteiger partial charge in [0.25, 0.3) is 0 Å². The second kappa shape index (κ2) is 8.32. The lowest BCUT2D eigenvalue weighted by Gasteiger charge is -2.09. The van der Waals surface area contributed by atoms with Gasteiger partial charge in [-0.1, -0.05) is 30.3 Å². The Balaban J connectivity index is 2.15. The van der Waals surface area contributed by atoms with Crippen LogP contribution in [0.4, 0.5) is 18.9 Å². The van der Waals surface area contributed by atoms with Gasteiger partial charge in [-0.15, -0.1) is 0 Å². The zero-order chi connectivity index (χ0) is 18.3. The summed E-state index contributed by atoms with van der Waals surface area (Å²) in [6.07, 6.45) is -4.15. The Morgan fingerprint density at radius 2 is 1.72 bits per heavy atom. The van der Waals surface area contributed by atoms with Gasteiger partial charge < -0.3 is 4.74 Å². The van der Waals surface area contributed by atoms with Gasteiger partial charge >= 0.3 is 12.1 Å². The third-order valence-corrected chi connectivity index (χ3v) is 3.26. The molecule has 2 aromatic rings. The third-order valence-electron chi connectivity index (χ3n) is 3.26. The van der Waals surface area contributed by atoms with Crippen LogP contribution in [-0.4, -0.2) is 18.3 Å². The molecule has 132 valence electrons. The molecule has 0 radical (unpaired) electrons. The van der Waals surface area contributed by atoms with Crippen LogP contribution in [0.5, 0.6) is 0 Å². The second-order valence-corrected chi connectivity index (χ2v) is 5.13. The van der Waals surface area contributed by atoms with Gasteiger partial charge in [-0.05, 0) is 36.8 Å². The molecule has 0 aromatic heterocycles. The van der Waals surface area contributed by atoms with Gasteiger partial charge in [0.1, 0.15) is 5.71 Å². The zero-order valence-electron chi connectivity index (χ0n) is 13.5. The van der Waals surface area contributed by atoms with Crippen LogP contribution in [0.2, 0.25) is 0 Å². The minimum atomic E-state index is -4.40. The van der Waals surface area contributed by atoms with E-state index in [-0.39, 0.29) is 18.7 Å². The van der Waals surface area contributed by atoms with Crippen LogP contribution < -0.4 is 5.43 Å². The van der Waals surface area contributed by atoms with Crippen LogP contribution >= 0.6 is 0 Å². The van der Waals surface area contributed by atoms with Crippen molar-refractivity contribution < 1.29 is 22.7 Å². The average Bonchev–Trinajstić information content (AvgIpc) is 2.59. The van der Waals surface area contributed by atoms with Gasteiger partial charge in [0.05, 0.1) is 17.9 Å². The number of alkyl halides is 3. The van der Waals surface area contributed by atoms with Gasteiger partial charge in [-0.25, -0.2) is 4.79 Å². The quantitative estimate of drug-likeness (QED) is 0.481. The molecule has 0 aliphatic carbocycles. The van der Waals surface area contributed by atoms with Crippen molar-refractivity contribution in [3.63, 3.8) is 0 Å². The highest BCUT2D eigenvalue weighted by Gasteiger charge is 2.29. The number of rotatable bonds is 6. The maximum atomic E-state index is 12.6. The summed E-state index contributed by atoms with van der Waals surface area (Å²) in [5.41, 5.74) is 3.18. The van der Waals surface area contributed by atoms with Crippen LogP contribution in [0.1, 0.15) is 18.1 Å². The lowest BCUT2D eigenvalue weighted by atomic mass is 10.1. The summed E-state index contributed by atoms with van der Waals surface area (Å²) in [4.78, 5) is 12.0. The van der Waals surface area contributed by atoms with Crippen LogP contribution in [0.15, 0.2) is 59.7 Å². The fourth-order valence-corrected chi connectivity index (χ4v) is 2.03. The maximum absolute atomic E-state index is 12.6. The minimum absolute atomic E-state index is 0.132. The molecule has 4 nitrogen and oxygen atoms in total. The molecular weight excluding hydrogens is 333 g/mol. The first-order chi connectivity index (χ1) is 11.9. The number of hydrogen-bond acceptors (Lipinski definition) is 4. The number of esters is 1. The smallest absolute Gasteiger partial charge is 0.416 e. The largest absolute Gasteiger partial charge is 0.461 e. The third kappa shape index (κ3) is 5.63. The number of halogens is 3. The van der Waals surface area contributed by atoms with E-state index >= 15 is 0 Å². The van der Waals surface area contributed by atoms with E-state index in [1.165, 1.54) is 12.1 Å². The number of carbonyl (C=O) groups excluding carboxylic acids is 1. The number of nitrogens with zero attached hydrogens (tertiary/aromatic N) is 1. The van der Waals surface area contributed by atoms with E-state index in [2.05, 4.69) is 10.5 Å². The number of ether oxygens (including phenoxy) is 1. The highest BCUT2D eigenvalue weighted by Crippen LogP contribution is 2.29. The molecule has 0 atom stereocenters. The maximum Gasteiger partial charge on any atom is 0.416 e. The monoisotopic (exact) mass is 350 g/mol. The first-order valence-corrected chi connectivity index (χ1v) is 7.61. The summed E-state index contributed by atoms with van der Waals surface area (Å²) >= 11 is 0. The SMILES string of the molecule is CCOC(=O)/C(Cc1ccccc1)=N\Nc1ccc(C(F)(F)F)cc1. The number of carbonyl (C=O) groups is 1. The molecule has 0 unspecified atom stereocenters. The van der Waals surface area contributed by atoms with Crippen molar-refractivity contribution in [2.75, 3.05) is 12.0 Å². The molecule has 0 heterocycles. The number of nitrogens with one attached hydrogen (secondary N) is 1. The standard InChI is InChI=1S/C18H17F3N2O2/c1-2-25-17(24)16(12-13-6-4-3-5-7-13)23-22-15-10-8-14(9-11-15)18(19,20)21/h3-11,22H,2,12H2,1H3/b23-16-. The number of anilines is 1. The summed E-state index contributed by atoms with van der Waals surface area (Å²) in [7, 11) is 0. The molecular formula is C18H17F3N2O2. The molecule has 0 saturated heterocycles. The summed E-state index contributed by atoms with van der Waals surface area (Å²) in [5, 5.41) is 4.01. The van der Waals surface area contributed by atoms with Gasteiger partial charge in [-0.2, -0.15) is 18.3 Å². The van der Waals surface area contributed by atoms with Crippen molar-refractivity contribution in [3.05, 3.63) is 65.7 Å². The molecule has 0 fully saturated rings. The van der Waals surface area contributed by atoms with Crippen molar-refractivity contribution in [3.8, 4) is 0 Å². The fourth-order valence-electron chi connectivity index (χ4n) is 2.03. The minimum Gasteiger partial charge on any atom is -0.461 e. The topological polar surface area (TPSA) is 50.7 Å². The Bertz CT molecular complexity index is 726. The Morgan fingerprint density at radius 3 is 2.28 bits per heavy atom. The second-order valence-electron chi connectivity index (χ2n) is 5.13. The number of hydrazone groups is 1.